The molecule has 0 atom stereocenters. The highest BCUT2D eigenvalue weighted by atomic mass is 16.2. The Morgan fingerprint density at radius 3 is 2.16 bits per heavy atom. The molecule has 0 saturated carbocycles. The van der Waals surface area contributed by atoms with E-state index in [0.29, 0.717) is 22.5 Å². The van der Waals surface area contributed by atoms with Gasteiger partial charge >= 0.3 is 0 Å². The molecule has 0 aromatic heterocycles. The number of hydrogen-bond acceptors (Lipinski definition) is 3. The second-order valence-corrected chi connectivity index (χ2v) is 7.63. The molecule has 0 aliphatic carbocycles. The minimum Gasteiger partial charge on any atom is -0.375 e. The number of rotatable bonds is 8. The van der Waals surface area contributed by atoms with Crippen LogP contribution in [0.4, 0.5) is 17.1 Å². The first-order valence-corrected chi connectivity index (χ1v) is 10.6. The fraction of sp³-hybridized carbons (Fsp3) is 0.231. The number of anilines is 3. The van der Waals surface area contributed by atoms with Crippen molar-refractivity contribution in [3.05, 3.63) is 89.5 Å². The largest absolute Gasteiger partial charge is 0.375 e. The molecule has 0 fully saturated rings. The van der Waals surface area contributed by atoms with E-state index in [-0.39, 0.29) is 11.8 Å². The van der Waals surface area contributed by atoms with Gasteiger partial charge in [-0.15, -0.1) is 0 Å². The van der Waals surface area contributed by atoms with Crippen LogP contribution in [0.5, 0.6) is 0 Å². The first-order chi connectivity index (χ1) is 15.0. The Hall–Kier alpha value is -3.60. The van der Waals surface area contributed by atoms with Crippen LogP contribution in [0.1, 0.15) is 46.0 Å². The van der Waals surface area contributed by atoms with Crippen LogP contribution in [0, 0.1) is 6.92 Å². The maximum Gasteiger partial charge on any atom is 0.255 e. The summed E-state index contributed by atoms with van der Waals surface area (Å²) < 4.78 is 0. The summed E-state index contributed by atoms with van der Waals surface area (Å²) in [6.07, 6.45) is 2.28. The molecule has 0 radical (unpaired) electrons. The van der Waals surface area contributed by atoms with E-state index in [1.165, 1.54) is 0 Å². The molecule has 0 heterocycles. The predicted molar refractivity (Wildman–Crippen MR) is 128 cm³/mol. The zero-order valence-corrected chi connectivity index (χ0v) is 18.3. The molecule has 0 saturated heterocycles. The zero-order valence-electron chi connectivity index (χ0n) is 18.3. The number of carbonyl (C=O) groups excluding carboxylic acids is 2. The van der Waals surface area contributed by atoms with E-state index in [0.717, 1.165) is 30.6 Å². The van der Waals surface area contributed by atoms with Crippen molar-refractivity contribution in [2.75, 3.05) is 29.1 Å². The van der Waals surface area contributed by atoms with E-state index < -0.39 is 0 Å². The molecular formula is C26H29N3O2. The molecule has 160 valence electrons. The lowest BCUT2D eigenvalue weighted by atomic mass is 10.1. The Kier molecular flexibility index (Phi) is 7.44. The van der Waals surface area contributed by atoms with E-state index in [9.17, 15) is 9.59 Å². The number of carbonyl (C=O) groups is 2. The third-order valence-corrected chi connectivity index (χ3v) is 5.20. The van der Waals surface area contributed by atoms with Gasteiger partial charge in [0.25, 0.3) is 11.8 Å². The van der Waals surface area contributed by atoms with Crippen molar-refractivity contribution >= 4 is 28.9 Å². The molecule has 2 amide bonds. The number of unbranched alkanes of at least 4 members (excludes halogenated alkanes) is 1. The molecule has 31 heavy (non-hydrogen) atoms. The summed E-state index contributed by atoms with van der Waals surface area (Å²) in [6.45, 7) is 5.08. The van der Waals surface area contributed by atoms with Crippen LogP contribution < -0.4 is 15.5 Å². The van der Waals surface area contributed by atoms with Gasteiger partial charge in [-0.25, -0.2) is 0 Å². The minimum absolute atomic E-state index is 0.183. The SMILES string of the molecule is CCCCN(C)c1ccc(C(=O)Nc2cc(NC(=O)c3ccccc3)ccc2C)cc1. The summed E-state index contributed by atoms with van der Waals surface area (Å²) >= 11 is 0. The van der Waals surface area contributed by atoms with Gasteiger partial charge in [0, 0.05) is 41.8 Å². The lowest BCUT2D eigenvalue weighted by Gasteiger charge is -2.19. The topological polar surface area (TPSA) is 61.4 Å². The number of nitrogens with one attached hydrogen (secondary N) is 2. The Bertz CT molecular complexity index is 1030. The summed E-state index contributed by atoms with van der Waals surface area (Å²) in [6, 6.07) is 22.1. The van der Waals surface area contributed by atoms with Gasteiger partial charge in [0.15, 0.2) is 0 Å². The summed E-state index contributed by atoms with van der Waals surface area (Å²) in [5, 5.41) is 5.84. The van der Waals surface area contributed by atoms with Gasteiger partial charge in [-0.2, -0.15) is 0 Å². The predicted octanol–water partition coefficient (Wildman–Crippen LogP) is 5.74. The number of amides is 2. The van der Waals surface area contributed by atoms with Crippen LogP contribution in [0.15, 0.2) is 72.8 Å². The van der Waals surface area contributed by atoms with E-state index in [1.807, 2.05) is 61.5 Å². The third-order valence-electron chi connectivity index (χ3n) is 5.20. The molecule has 0 spiro atoms. The van der Waals surface area contributed by atoms with Crippen molar-refractivity contribution in [1.82, 2.24) is 0 Å². The molecule has 5 nitrogen and oxygen atoms in total. The van der Waals surface area contributed by atoms with Gasteiger partial charge in [0.05, 0.1) is 0 Å². The Balaban J connectivity index is 1.68. The van der Waals surface area contributed by atoms with Crippen molar-refractivity contribution in [3.63, 3.8) is 0 Å². The minimum atomic E-state index is -0.190. The van der Waals surface area contributed by atoms with Gasteiger partial charge < -0.3 is 15.5 Å². The number of hydrogen-bond donors (Lipinski definition) is 2. The number of benzene rings is 3. The first-order valence-electron chi connectivity index (χ1n) is 10.6. The summed E-state index contributed by atoms with van der Waals surface area (Å²) in [7, 11) is 2.06. The molecule has 0 aliphatic rings. The van der Waals surface area contributed by atoms with Crippen LogP contribution in [-0.4, -0.2) is 25.4 Å². The highest BCUT2D eigenvalue weighted by Crippen LogP contribution is 2.22. The Morgan fingerprint density at radius 1 is 0.839 bits per heavy atom. The maximum atomic E-state index is 12.8. The molecule has 3 aromatic carbocycles. The molecule has 0 unspecified atom stereocenters. The highest BCUT2D eigenvalue weighted by Gasteiger charge is 2.11. The molecule has 2 N–H and O–H groups in total. The van der Waals surface area contributed by atoms with Crippen LogP contribution in [-0.2, 0) is 0 Å². The number of nitrogens with zero attached hydrogens (tertiary/aromatic N) is 1. The maximum absolute atomic E-state index is 12.8. The van der Waals surface area contributed by atoms with E-state index in [4.69, 9.17) is 0 Å². The van der Waals surface area contributed by atoms with Crippen LogP contribution in [0.2, 0.25) is 0 Å². The van der Waals surface area contributed by atoms with Gasteiger partial charge in [0.1, 0.15) is 0 Å². The summed E-state index contributed by atoms with van der Waals surface area (Å²) in [5.74, 6) is -0.373. The normalized spacial score (nSPS) is 10.4. The summed E-state index contributed by atoms with van der Waals surface area (Å²) in [5.41, 5.74) is 4.47. The molecule has 0 aliphatic heterocycles. The Morgan fingerprint density at radius 2 is 1.48 bits per heavy atom. The number of aryl methyl sites for hydroxylation is 1. The van der Waals surface area contributed by atoms with Crippen molar-refractivity contribution in [2.45, 2.75) is 26.7 Å². The molecule has 5 heteroatoms. The highest BCUT2D eigenvalue weighted by molar-refractivity contribution is 6.06. The van der Waals surface area contributed by atoms with Crippen molar-refractivity contribution in [2.24, 2.45) is 0 Å². The van der Waals surface area contributed by atoms with Gasteiger partial charge in [-0.3, -0.25) is 9.59 Å². The average molecular weight is 416 g/mol. The van der Waals surface area contributed by atoms with E-state index in [1.54, 1.807) is 18.2 Å². The standard InChI is InChI=1S/C26H29N3O2/c1-4-5-17-29(3)23-15-12-21(13-16-23)26(31)28-24-18-22(14-11-19(24)2)27-25(30)20-9-7-6-8-10-20/h6-16,18H,4-5,17H2,1-3H3,(H,27,30)(H,28,31). The molecule has 0 bridgehead atoms. The summed E-state index contributed by atoms with van der Waals surface area (Å²) in [4.78, 5) is 27.4. The second kappa shape index (κ2) is 10.4. The first kappa shape index (κ1) is 22.1. The molecule has 3 aromatic rings. The van der Waals surface area contributed by atoms with Crippen LogP contribution in [0.25, 0.3) is 0 Å². The van der Waals surface area contributed by atoms with Gasteiger partial charge in [0.2, 0.25) is 0 Å². The van der Waals surface area contributed by atoms with E-state index in [2.05, 4.69) is 29.5 Å². The second-order valence-electron chi connectivity index (χ2n) is 7.63. The van der Waals surface area contributed by atoms with Crippen LogP contribution in [0.3, 0.4) is 0 Å². The lowest BCUT2D eigenvalue weighted by molar-refractivity contribution is 0.101. The monoisotopic (exact) mass is 415 g/mol. The smallest absolute Gasteiger partial charge is 0.255 e. The quantitative estimate of drug-likeness (QED) is 0.493. The zero-order chi connectivity index (χ0) is 22.2. The van der Waals surface area contributed by atoms with Crippen molar-refractivity contribution in [1.29, 1.82) is 0 Å². The van der Waals surface area contributed by atoms with Crippen LogP contribution >= 0.6 is 0 Å². The lowest BCUT2D eigenvalue weighted by Crippen LogP contribution is -2.18. The fourth-order valence-electron chi connectivity index (χ4n) is 3.21. The average Bonchev–Trinajstić information content (AvgIpc) is 2.80. The fourth-order valence-corrected chi connectivity index (χ4v) is 3.21. The van der Waals surface area contributed by atoms with E-state index >= 15 is 0 Å². The third kappa shape index (κ3) is 5.95. The Labute approximate surface area is 184 Å². The van der Waals surface area contributed by atoms with Gasteiger partial charge in [-0.1, -0.05) is 37.6 Å². The molecular weight excluding hydrogens is 386 g/mol. The van der Waals surface area contributed by atoms with Gasteiger partial charge in [-0.05, 0) is 67.4 Å². The van der Waals surface area contributed by atoms with Crippen molar-refractivity contribution in [3.8, 4) is 0 Å². The molecule has 3 rings (SSSR count). The van der Waals surface area contributed by atoms with Crippen molar-refractivity contribution < 1.29 is 9.59 Å².